The molecule has 0 bridgehead atoms. The Morgan fingerprint density at radius 2 is 2.10 bits per heavy atom. The van der Waals surface area contributed by atoms with Crippen molar-refractivity contribution in [3.63, 3.8) is 0 Å². The van der Waals surface area contributed by atoms with Crippen molar-refractivity contribution in [1.82, 2.24) is 4.90 Å². The summed E-state index contributed by atoms with van der Waals surface area (Å²) < 4.78 is 12.1. The molecule has 6 nitrogen and oxygen atoms in total. The molecule has 2 aliphatic heterocycles. The van der Waals surface area contributed by atoms with Crippen LogP contribution in [0.3, 0.4) is 0 Å². The van der Waals surface area contributed by atoms with Crippen LogP contribution in [0, 0.1) is 11.8 Å². The van der Waals surface area contributed by atoms with Gasteiger partial charge in [-0.25, -0.2) is 0 Å². The third kappa shape index (κ3) is 4.23. The molecule has 0 aromatic carbocycles. The van der Waals surface area contributed by atoms with E-state index in [-0.39, 0.29) is 24.7 Å². The molecular weight excluding hydrogens is 401 g/mol. The van der Waals surface area contributed by atoms with Crippen molar-refractivity contribution < 1.29 is 24.3 Å². The first-order valence-corrected chi connectivity index (χ1v) is 15.1. The molecule has 2 saturated heterocycles. The zero-order valence-electron chi connectivity index (χ0n) is 19.4. The van der Waals surface area contributed by atoms with E-state index < -0.39 is 30.7 Å². The standard InChI is InChI=1S/C23H42NO5P/c1-6-7-13-19-24-21(26)18(14-15-29-30(3,4)5)22(2,27)23(24,16-28-19)20(25)17-11-9-8-10-12-17/h9,11,17-20,25,27,30H,6-8,10,12-16H2,1-5H3/t17-,18+,19+,20+,22+,23-/m1/s1. The fourth-order valence-corrected chi connectivity index (χ4v) is 6.25. The van der Waals surface area contributed by atoms with E-state index in [9.17, 15) is 15.0 Å². The summed E-state index contributed by atoms with van der Waals surface area (Å²) in [5.41, 5.74) is -2.50. The van der Waals surface area contributed by atoms with Gasteiger partial charge in [0.25, 0.3) is 0 Å². The van der Waals surface area contributed by atoms with Crippen LogP contribution in [0.15, 0.2) is 12.2 Å². The molecule has 0 radical (unpaired) electrons. The van der Waals surface area contributed by atoms with Crippen molar-refractivity contribution in [2.24, 2.45) is 11.8 Å². The number of allylic oxidation sites excluding steroid dienone is 1. The molecule has 0 saturated carbocycles. The maximum absolute atomic E-state index is 13.6. The van der Waals surface area contributed by atoms with Crippen molar-refractivity contribution in [1.29, 1.82) is 0 Å². The Balaban J connectivity index is 1.92. The van der Waals surface area contributed by atoms with Gasteiger partial charge in [0.05, 0.1) is 0 Å². The topological polar surface area (TPSA) is 79.2 Å². The zero-order chi connectivity index (χ0) is 22.2. The van der Waals surface area contributed by atoms with E-state index in [2.05, 4.69) is 39.1 Å². The molecule has 2 heterocycles. The molecule has 30 heavy (non-hydrogen) atoms. The number of hydrogen-bond donors (Lipinski definition) is 2. The second-order valence-electron chi connectivity index (χ2n) is 10.5. The van der Waals surface area contributed by atoms with Crippen LogP contribution in [0.1, 0.15) is 58.8 Å². The molecule has 1 amide bonds. The van der Waals surface area contributed by atoms with Crippen LogP contribution in [-0.4, -0.2) is 77.7 Å². The second-order valence-corrected chi connectivity index (χ2v) is 15.0. The molecule has 0 aromatic heterocycles. The van der Waals surface area contributed by atoms with Crippen LogP contribution in [0.2, 0.25) is 0 Å². The molecule has 7 heteroatoms. The fraction of sp³-hybridized carbons (Fsp3) is 0.870. The van der Waals surface area contributed by atoms with Crippen LogP contribution in [0.4, 0.5) is 0 Å². The van der Waals surface area contributed by atoms with E-state index in [1.807, 2.05) is 0 Å². The number of carbonyl (C=O) groups is 1. The average Bonchev–Trinajstić information content (AvgIpc) is 3.15. The van der Waals surface area contributed by atoms with Crippen molar-refractivity contribution in [3.05, 3.63) is 12.2 Å². The quantitative estimate of drug-likeness (QED) is 0.423. The summed E-state index contributed by atoms with van der Waals surface area (Å²) in [6.45, 7) is 10.8. The van der Waals surface area contributed by atoms with Gasteiger partial charge in [0, 0.05) is 0 Å². The van der Waals surface area contributed by atoms with E-state index in [0.717, 1.165) is 38.5 Å². The van der Waals surface area contributed by atoms with Gasteiger partial charge in [0.1, 0.15) is 0 Å². The van der Waals surface area contributed by atoms with Gasteiger partial charge in [-0.05, 0) is 0 Å². The zero-order valence-corrected chi connectivity index (χ0v) is 20.4. The Bertz CT molecular complexity index is 646. The molecule has 174 valence electrons. The van der Waals surface area contributed by atoms with E-state index >= 15 is 0 Å². The first kappa shape index (κ1) is 24.1. The number of ether oxygens (including phenoxy) is 1. The molecule has 3 aliphatic rings. The Morgan fingerprint density at radius 1 is 1.37 bits per heavy atom. The number of aliphatic hydroxyl groups is 2. The number of fused-ring (bicyclic) bond motifs is 1. The number of nitrogens with zero attached hydrogens (tertiary/aromatic N) is 1. The Kier molecular flexibility index (Phi) is 7.36. The van der Waals surface area contributed by atoms with Gasteiger partial charge < -0.3 is 0 Å². The van der Waals surface area contributed by atoms with Crippen LogP contribution in [-0.2, 0) is 14.1 Å². The van der Waals surface area contributed by atoms with Crippen LogP contribution >= 0.6 is 7.49 Å². The number of unbranched alkanes of at least 4 members (excludes halogenated alkanes) is 1. The van der Waals surface area contributed by atoms with Gasteiger partial charge >= 0.3 is 182 Å². The Labute approximate surface area is 182 Å². The van der Waals surface area contributed by atoms with Crippen molar-refractivity contribution in [3.8, 4) is 0 Å². The fourth-order valence-electron chi connectivity index (χ4n) is 5.52. The summed E-state index contributed by atoms with van der Waals surface area (Å²) in [5, 5.41) is 23.4. The summed E-state index contributed by atoms with van der Waals surface area (Å²) in [4.78, 5) is 15.4. The van der Waals surface area contributed by atoms with E-state index in [1.54, 1.807) is 11.8 Å². The predicted octanol–water partition coefficient (Wildman–Crippen LogP) is 3.16. The number of rotatable bonds is 9. The number of aliphatic hydroxyl groups excluding tert-OH is 1. The molecule has 0 aromatic rings. The summed E-state index contributed by atoms with van der Waals surface area (Å²) in [5.74, 6) is -0.772. The van der Waals surface area contributed by atoms with Gasteiger partial charge in [-0.1, -0.05) is 0 Å². The second kappa shape index (κ2) is 9.15. The normalized spacial score (nSPS) is 38.2. The minimum absolute atomic E-state index is 0.0777. The summed E-state index contributed by atoms with van der Waals surface area (Å²) in [6.07, 6.45) is 8.95. The number of hydrogen-bond acceptors (Lipinski definition) is 5. The van der Waals surface area contributed by atoms with Crippen molar-refractivity contribution in [2.75, 3.05) is 33.2 Å². The SMILES string of the molecule is CCCC[C@@H]1OC[C@]2([C@@H](O)[C@@H]3C=CCCC3)N1C(=O)[C@H](CCO[PH](C)(C)C)[C@]2(C)O. The minimum atomic E-state index is -1.71. The van der Waals surface area contributed by atoms with Gasteiger partial charge in [0.2, 0.25) is 0 Å². The third-order valence-electron chi connectivity index (χ3n) is 7.24. The first-order chi connectivity index (χ1) is 14.1. The monoisotopic (exact) mass is 443 g/mol. The molecule has 0 spiro atoms. The van der Waals surface area contributed by atoms with Crippen molar-refractivity contribution in [2.45, 2.75) is 82.3 Å². The molecule has 2 N–H and O–H groups in total. The van der Waals surface area contributed by atoms with Gasteiger partial charge in [-0.2, -0.15) is 0 Å². The van der Waals surface area contributed by atoms with E-state index in [4.69, 9.17) is 9.26 Å². The third-order valence-corrected chi connectivity index (χ3v) is 8.31. The van der Waals surface area contributed by atoms with Crippen LogP contribution in [0.5, 0.6) is 0 Å². The van der Waals surface area contributed by atoms with Gasteiger partial charge in [-0.3, -0.25) is 0 Å². The van der Waals surface area contributed by atoms with Gasteiger partial charge in [0.15, 0.2) is 0 Å². The van der Waals surface area contributed by atoms with Crippen LogP contribution < -0.4 is 0 Å². The Hall–Kier alpha value is -0.520. The molecular formula is C23H42NO5P. The van der Waals surface area contributed by atoms with E-state index in [1.165, 1.54) is 0 Å². The van der Waals surface area contributed by atoms with E-state index in [0.29, 0.717) is 13.0 Å². The maximum atomic E-state index is 13.6. The van der Waals surface area contributed by atoms with Gasteiger partial charge in [-0.15, -0.1) is 0 Å². The molecule has 2 fully saturated rings. The van der Waals surface area contributed by atoms with Crippen LogP contribution in [0.25, 0.3) is 0 Å². The number of carbonyl (C=O) groups excluding carboxylic acids is 1. The predicted molar refractivity (Wildman–Crippen MR) is 122 cm³/mol. The molecule has 6 atom stereocenters. The summed E-state index contributed by atoms with van der Waals surface area (Å²) >= 11 is 0. The summed E-state index contributed by atoms with van der Waals surface area (Å²) in [6, 6.07) is 0. The number of amides is 1. The molecule has 1 aliphatic carbocycles. The van der Waals surface area contributed by atoms with Crippen molar-refractivity contribution >= 4 is 13.4 Å². The molecule has 0 unspecified atom stereocenters. The summed E-state index contributed by atoms with van der Waals surface area (Å²) in [7, 11) is -1.71. The Morgan fingerprint density at radius 3 is 2.70 bits per heavy atom. The first-order valence-electron chi connectivity index (χ1n) is 11.7. The average molecular weight is 444 g/mol. The molecule has 3 rings (SSSR count).